The monoisotopic (exact) mass is 709 g/mol. The van der Waals surface area contributed by atoms with E-state index in [2.05, 4.69) is 97.7 Å². The molecule has 0 N–H and O–H groups in total. The summed E-state index contributed by atoms with van der Waals surface area (Å²) in [4.78, 5) is 13.0. The molecular formula is C40H43N3O3S3. The number of rotatable bonds is 20. The Hall–Kier alpha value is -4.44. The lowest BCUT2D eigenvalue weighted by atomic mass is 9.71. The minimum atomic E-state index is -0.384. The number of nitrogens with zero attached hydrogens (tertiary/aromatic N) is 3. The van der Waals surface area contributed by atoms with Gasteiger partial charge < -0.3 is 14.2 Å². The predicted molar refractivity (Wildman–Crippen MR) is 210 cm³/mol. The lowest BCUT2D eigenvalue weighted by Gasteiger charge is -2.32. The van der Waals surface area contributed by atoms with Gasteiger partial charge >= 0.3 is 0 Å². The number of hydrogen-bond donors (Lipinski definition) is 0. The topological polar surface area (TPSA) is 66.4 Å². The summed E-state index contributed by atoms with van der Waals surface area (Å²) in [5.41, 5.74) is 3.08. The van der Waals surface area contributed by atoms with Crippen LogP contribution in [0.1, 0.15) is 23.6 Å². The van der Waals surface area contributed by atoms with Crippen LogP contribution < -0.4 is 14.2 Å². The van der Waals surface area contributed by atoms with Crippen molar-refractivity contribution in [2.75, 3.05) is 31.3 Å². The highest BCUT2D eigenvalue weighted by Gasteiger charge is 2.31. The van der Waals surface area contributed by atoms with Crippen LogP contribution in [0.2, 0.25) is 0 Å². The summed E-state index contributed by atoms with van der Waals surface area (Å²) in [5, 5.41) is 3.82. The van der Waals surface area contributed by atoms with Gasteiger partial charge in [0.15, 0.2) is 15.5 Å². The van der Waals surface area contributed by atoms with E-state index in [1.54, 1.807) is 47.2 Å². The van der Waals surface area contributed by atoms with Crippen LogP contribution in [0, 0.1) is 0 Å². The maximum atomic E-state index is 5.67. The third-order valence-electron chi connectivity index (χ3n) is 6.82. The zero-order chi connectivity index (χ0) is 35.3. The number of hydrogen-bond acceptors (Lipinski definition) is 9. The molecule has 0 amide bonds. The summed E-state index contributed by atoms with van der Waals surface area (Å²) in [5.74, 6) is 4.02. The van der Waals surface area contributed by atoms with Crippen LogP contribution in [0.4, 0.5) is 0 Å². The molecule has 0 unspecified atom stereocenters. The average Bonchev–Trinajstić information content (AvgIpc) is 3.14. The van der Waals surface area contributed by atoms with Gasteiger partial charge in [-0.3, -0.25) is 0 Å². The molecule has 49 heavy (non-hydrogen) atoms. The van der Waals surface area contributed by atoms with E-state index in [0.29, 0.717) is 25.0 Å². The Kier molecular flexibility index (Phi) is 17.1. The van der Waals surface area contributed by atoms with Crippen LogP contribution in [0.5, 0.6) is 17.2 Å². The maximum Gasteiger partial charge on any atom is 0.196 e. The van der Waals surface area contributed by atoms with Crippen LogP contribution in [0.15, 0.2) is 164 Å². The van der Waals surface area contributed by atoms with Crippen molar-refractivity contribution in [1.82, 2.24) is 15.0 Å². The third kappa shape index (κ3) is 12.2. The number of aromatic nitrogens is 3. The highest BCUT2D eigenvalue weighted by Crippen LogP contribution is 2.40. The number of benzene rings is 3. The van der Waals surface area contributed by atoms with Crippen molar-refractivity contribution >= 4 is 35.3 Å². The minimum absolute atomic E-state index is 0.384. The molecule has 0 radical (unpaired) electrons. The van der Waals surface area contributed by atoms with Crippen LogP contribution >= 0.6 is 35.3 Å². The van der Waals surface area contributed by atoms with Crippen molar-refractivity contribution in [1.29, 1.82) is 0 Å². The van der Waals surface area contributed by atoms with Gasteiger partial charge in [0.1, 0.15) is 37.1 Å². The molecular weight excluding hydrogens is 667 g/mol. The van der Waals surface area contributed by atoms with E-state index >= 15 is 0 Å². The van der Waals surface area contributed by atoms with Crippen LogP contribution in [-0.4, -0.2) is 46.3 Å². The Bertz CT molecular complexity index is 1490. The molecule has 1 aromatic heterocycles. The van der Waals surface area contributed by atoms with E-state index in [9.17, 15) is 0 Å². The Morgan fingerprint density at radius 1 is 0.510 bits per heavy atom. The van der Waals surface area contributed by atoms with E-state index in [0.717, 1.165) is 55.8 Å². The molecule has 0 aliphatic rings. The lowest BCUT2D eigenvalue weighted by molar-refractivity contribution is 0.362. The molecule has 6 nitrogen and oxygen atoms in total. The lowest BCUT2D eigenvalue weighted by Crippen LogP contribution is -2.25. The van der Waals surface area contributed by atoms with E-state index in [1.165, 1.54) is 11.8 Å². The van der Waals surface area contributed by atoms with E-state index in [-0.39, 0.29) is 5.41 Å². The second kappa shape index (κ2) is 21.5. The molecule has 4 aromatic rings. The van der Waals surface area contributed by atoms with E-state index in [4.69, 9.17) is 14.2 Å². The molecule has 0 fully saturated rings. The Labute approximate surface area is 304 Å². The van der Waals surface area contributed by atoms with Gasteiger partial charge in [-0.15, -0.1) is 13.2 Å². The SMILES string of the molecule is C=CCOc1ccc(C(C)(c2ccc(OCC=C)cc2)c2ccc(OCC=C)cc2)cc1.C=CCSc1nc(SC=C)nc(SCC=C)n1. The van der Waals surface area contributed by atoms with E-state index in [1.807, 2.05) is 48.6 Å². The first-order valence-corrected chi connectivity index (χ1v) is 18.3. The van der Waals surface area contributed by atoms with Gasteiger partial charge in [-0.05, 0) is 65.4 Å². The molecule has 0 bridgehead atoms. The molecule has 0 saturated carbocycles. The Morgan fingerprint density at radius 2 is 0.837 bits per heavy atom. The summed E-state index contributed by atoms with van der Waals surface area (Å²) >= 11 is 4.48. The molecule has 254 valence electrons. The normalized spacial score (nSPS) is 10.5. The van der Waals surface area contributed by atoms with Gasteiger partial charge in [0.25, 0.3) is 0 Å². The molecule has 0 aliphatic carbocycles. The summed E-state index contributed by atoms with van der Waals surface area (Å²) in [6, 6.07) is 24.7. The summed E-state index contributed by atoms with van der Waals surface area (Å²) < 4.78 is 17.0. The Morgan fingerprint density at radius 3 is 1.12 bits per heavy atom. The summed E-state index contributed by atoms with van der Waals surface area (Å²) in [6.07, 6.45) is 8.87. The van der Waals surface area contributed by atoms with Crippen molar-refractivity contribution in [3.63, 3.8) is 0 Å². The van der Waals surface area contributed by atoms with Gasteiger partial charge in [-0.2, -0.15) is 15.0 Å². The van der Waals surface area contributed by atoms with Crippen LogP contribution in [0.3, 0.4) is 0 Å². The second-order valence-electron chi connectivity index (χ2n) is 10.2. The molecule has 1 heterocycles. The quantitative estimate of drug-likeness (QED) is 0.0507. The fraction of sp³-hybridized carbons (Fsp3) is 0.175. The third-order valence-corrected chi connectivity index (χ3v) is 9.07. The van der Waals surface area contributed by atoms with Gasteiger partial charge in [0.2, 0.25) is 0 Å². The first-order chi connectivity index (χ1) is 23.9. The first-order valence-electron chi connectivity index (χ1n) is 15.5. The second-order valence-corrected chi connectivity index (χ2v) is 13.1. The number of thioether (sulfide) groups is 3. The smallest absolute Gasteiger partial charge is 0.196 e. The van der Waals surface area contributed by atoms with Gasteiger partial charge in [-0.25, -0.2) is 0 Å². The highest BCUT2D eigenvalue weighted by atomic mass is 32.2. The van der Waals surface area contributed by atoms with E-state index < -0.39 is 0 Å². The standard InChI is InChI=1S/C29H30O3.C11H13N3S3/c1-5-20-30-26-14-8-23(9-15-26)29(4,24-10-16-27(17-11-24)31-21-6-2)25-12-18-28(19-13-25)32-22-7-3;1-4-7-16-10-12-9(15-6-3)13-11(14-10)17-8-5-2/h5-19H,1-3,20-22H2,4H3;4-6H,1-3,7-8H2. The molecule has 0 spiro atoms. The fourth-order valence-corrected chi connectivity index (χ4v) is 6.20. The van der Waals surface area contributed by atoms with Crippen molar-refractivity contribution in [3.05, 3.63) is 165 Å². The van der Waals surface area contributed by atoms with Gasteiger partial charge in [0, 0.05) is 16.9 Å². The van der Waals surface area contributed by atoms with Crippen LogP contribution in [-0.2, 0) is 5.41 Å². The summed E-state index contributed by atoms with van der Waals surface area (Å²) in [6.45, 7) is 25.8. The predicted octanol–water partition coefficient (Wildman–Crippen LogP) is 10.4. The molecule has 3 aromatic carbocycles. The molecule has 9 heteroatoms. The van der Waals surface area contributed by atoms with Crippen molar-refractivity contribution in [2.45, 2.75) is 27.8 Å². The zero-order valence-corrected chi connectivity index (χ0v) is 30.4. The molecule has 0 saturated heterocycles. The van der Waals surface area contributed by atoms with Gasteiger partial charge in [0.05, 0.1) is 0 Å². The Balaban J connectivity index is 0.000000323. The largest absolute Gasteiger partial charge is 0.490 e. The summed E-state index contributed by atoms with van der Waals surface area (Å²) in [7, 11) is 0. The molecule has 4 rings (SSSR count). The fourth-order valence-electron chi connectivity index (χ4n) is 4.46. The first kappa shape index (κ1) is 39.0. The van der Waals surface area contributed by atoms with Crippen molar-refractivity contribution in [2.24, 2.45) is 0 Å². The highest BCUT2D eigenvalue weighted by molar-refractivity contribution is 8.02. The van der Waals surface area contributed by atoms with Crippen LogP contribution in [0.25, 0.3) is 0 Å². The molecule has 0 aliphatic heterocycles. The maximum absolute atomic E-state index is 5.67. The average molecular weight is 710 g/mol. The van der Waals surface area contributed by atoms with Crippen molar-refractivity contribution in [3.8, 4) is 17.2 Å². The minimum Gasteiger partial charge on any atom is -0.490 e. The number of ether oxygens (including phenoxy) is 3. The molecule has 0 atom stereocenters. The van der Waals surface area contributed by atoms with Gasteiger partial charge in [-0.1, -0.05) is 128 Å². The van der Waals surface area contributed by atoms with Crippen molar-refractivity contribution < 1.29 is 14.2 Å². The zero-order valence-electron chi connectivity index (χ0n) is 28.0.